The van der Waals surface area contributed by atoms with E-state index in [4.69, 9.17) is 0 Å². The molecule has 0 aromatic carbocycles. The van der Waals surface area contributed by atoms with Crippen LogP contribution in [0.25, 0.3) is 0 Å². The lowest BCUT2D eigenvalue weighted by Crippen LogP contribution is -2.23. The highest BCUT2D eigenvalue weighted by Gasteiger charge is 2.44. The average Bonchev–Trinajstić information content (AvgIpc) is 2.62. The Labute approximate surface area is 67.5 Å². The SMILES string of the molecule is CCC(=O)C12C=CC(CC1)C2. The van der Waals surface area contributed by atoms with Crippen molar-refractivity contribution >= 4 is 5.78 Å². The van der Waals surface area contributed by atoms with Gasteiger partial charge in [-0.15, -0.1) is 0 Å². The molecule has 0 aliphatic heterocycles. The maximum absolute atomic E-state index is 11.5. The van der Waals surface area contributed by atoms with Crippen LogP contribution in [0.1, 0.15) is 32.6 Å². The van der Waals surface area contributed by atoms with Crippen LogP contribution in [0.4, 0.5) is 0 Å². The van der Waals surface area contributed by atoms with E-state index in [0.717, 1.165) is 18.8 Å². The number of hydrogen-bond donors (Lipinski definition) is 0. The third-order valence-electron chi connectivity index (χ3n) is 3.15. The molecule has 0 amide bonds. The van der Waals surface area contributed by atoms with Crippen molar-refractivity contribution in [3.8, 4) is 0 Å². The van der Waals surface area contributed by atoms with Gasteiger partial charge in [-0.1, -0.05) is 19.1 Å². The van der Waals surface area contributed by atoms with Gasteiger partial charge in [0.25, 0.3) is 0 Å². The summed E-state index contributed by atoms with van der Waals surface area (Å²) in [6.07, 6.45) is 8.56. The van der Waals surface area contributed by atoms with Crippen LogP contribution in [0, 0.1) is 11.3 Å². The normalized spacial score (nSPS) is 39.9. The summed E-state index contributed by atoms with van der Waals surface area (Å²) >= 11 is 0. The van der Waals surface area contributed by atoms with E-state index in [2.05, 4.69) is 12.2 Å². The van der Waals surface area contributed by atoms with Crippen LogP contribution in [-0.4, -0.2) is 5.78 Å². The molecule has 1 fully saturated rings. The minimum atomic E-state index is -0.000579. The van der Waals surface area contributed by atoms with E-state index in [1.807, 2.05) is 6.92 Å². The van der Waals surface area contributed by atoms with Crippen molar-refractivity contribution in [2.24, 2.45) is 11.3 Å². The van der Waals surface area contributed by atoms with Crippen molar-refractivity contribution in [3.63, 3.8) is 0 Å². The van der Waals surface area contributed by atoms with Gasteiger partial charge in [0.15, 0.2) is 0 Å². The van der Waals surface area contributed by atoms with Crippen molar-refractivity contribution in [2.75, 3.05) is 0 Å². The molecule has 0 aromatic heterocycles. The highest BCUT2D eigenvalue weighted by Crippen LogP contribution is 2.50. The standard InChI is InChI=1S/C10H14O/c1-2-9(11)10-5-3-8(7-10)4-6-10/h3,5,8H,2,4,6-7H2,1H3. The Hall–Kier alpha value is -0.590. The smallest absolute Gasteiger partial charge is 0.142 e. The second-order valence-corrected chi connectivity index (χ2v) is 3.79. The summed E-state index contributed by atoms with van der Waals surface area (Å²) in [6.45, 7) is 1.97. The topological polar surface area (TPSA) is 17.1 Å². The summed E-state index contributed by atoms with van der Waals surface area (Å²) in [5.74, 6) is 1.18. The van der Waals surface area contributed by atoms with Crippen molar-refractivity contribution in [1.82, 2.24) is 0 Å². The molecule has 2 aliphatic carbocycles. The largest absolute Gasteiger partial charge is 0.299 e. The Morgan fingerprint density at radius 1 is 1.73 bits per heavy atom. The van der Waals surface area contributed by atoms with E-state index in [0.29, 0.717) is 12.2 Å². The number of allylic oxidation sites excluding steroid dienone is 2. The summed E-state index contributed by atoms with van der Waals surface area (Å²) < 4.78 is 0. The molecule has 0 saturated heterocycles. The van der Waals surface area contributed by atoms with Crippen LogP contribution in [0.3, 0.4) is 0 Å². The van der Waals surface area contributed by atoms with E-state index < -0.39 is 0 Å². The van der Waals surface area contributed by atoms with Crippen LogP contribution >= 0.6 is 0 Å². The zero-order valence-corrected chi connectivity index (χ0v) is 6.97. The summed E-state index contributed by atoms with van der Waals surface area (Å²) in [7, 11) is 0. The number of Topliss-reactive ketones (excluding diaryl/α,β-unsaturated/α-hetero) is 1. The van der Waals surface area contributed by atoms with Crippen molar-refractivity contribution in [2.45, 2.75) is 32.6 Å². The molecule has 0 N–H and O–H groups in total. The molecule has 2 unspecified atom stereocenters. The first-order valence-corrected chi connectivity index (χ1v) is 4.49. The molecule has 2 bridgehead atoms. The van der Waals surface area contributed by atoms with Crippen molar-refractivity contribution in [3.05, 3.63) is 12.2 Å². The minimum absolute atomic E-state index is 0.000579. The van der Waals surface area contributed by atoms with Gasteiger partial charge in [-0.2, -0.15) is 0 Å². The summed E-state index contributed by atoms with van der Waals surface area (Å²) in [5.41, 5.74) is -0.000579. The Morgan fingerprint density at radius 2 is 2.55 bits per heavy atom. The van der Waals surface area contributed by atoms with Crippen molar-refractivity contribution in [1.29, 1.82) is 0 Å². The Bertz CT molecular complexity index is 217. The van der Waals surface area contributed by atoms with E-state index in [9.17, 15) is 4.79 Å². The highest BCUT2D eigenvalue weighted by atomic mass is 16.1. The first kappa shape index (κ1) is 7.08. The zero-order valence-electron chi connectivity index (χ0n) is 6.97. The maximum atomic E-state index is 11.5. The van der Waals surface area contributed by atoms with E-state index >= 15 is 0 Å². The summed E-state index contributed by atoms with van der Waals surface area (Å²) in [4.78, 5) is 11.5. The summed E-state index contributed by atoms with van der Waals surface area (Å²) in [5, 5.41) is 0. The van der Waals surface area contributed by atoms with E-state index in [1.54, 1.807) is 0 Å². The fourth-order valence-corrected chi connectivity index (χ4v) is 2.45. The number of ketones is 1. The van der Waals surface area contributed by atoms with Gasteiger partial charge in [0.2, 0.25) is 0 Å². The molecule has 11 heavy (non-hydrogen) atoms. The number of hydrogen-bond acceptors (Lipinski definition) is 1. The molecule has 60 valence electrons. The summed E-state index contributed by atoms with van der Waals surface area (Å²) in [6, 6.07) is 0. The Balaban J connectivity index is 2.23. The number of rotatable bonds is 2. The molecule has 2 aliphatic rings. The van der Waals surface area contributed by atoms with Gasteiger partial charge in [-0.05, 0) is 25.2 Å². The van der Waals surface area contributed by atoms with Gasteiger partial charge in [0.05, 0.1) is 0 Å². The number of fused-ring (bicyclic) bond motifs is 2. The third kappa shape index (κ3) is 0.867. The fourth-order valence-electron chi connectivity index (χ4n) is 2.45. The van der Waals surface area contributed by atoms with Gasteiger partial charge in [-0.3, -0.25) is 4.79 Å². The molecule has 0 spiro atoms. The van der Waals surface area contributed by atoms with Gasteiger partial charge in [-0.25, -0.2) is 0 Å². The van der Waals surface area contributed by atoms with Gasteiger partial charge in [0.1, 0.15) is 5.78 Å². The van der Waals surface area contributed by atoms with Crippen LogP contribution < -0.4 is 0 Å². The molecule has 0 heterocycles. The molecule has 0 aromatic rings. The first-order chi connectivity index (χ1) is 5.27. The van der Waals surface area contributed by atoms with Crippen LogP contribution in [-0.2, 0) is 4.79 Å². The number of carbonyl (C=O) groups is 1. The predicted octanol–water partition coefficient (Wildman–Crippen LogP) is 2.32. The third-order valence-corrected chi connectivity index (χ3v) is 3.15. The highest BCUT2D eigenvalue weighted by molar-refractivity contribution is 5.87. The first-order valence-electron chi connectivity index (χ1n) is 4.49. The predicted molar refractivity (Wildman–Crippen MR) is 44.2 cm³/mol. The lowest BCUT2D eigenvalue weighted by molar-refractivity contribution is -0.125. The van der Waals surface area contributed by atoms with E-state index in [-0.39, 0.29) is 5.41 Å². The minimum Gasteiger partial charge on any atom is -0.299 e. The second-order valence-electron chi connectivity index (χ2n) is 3.79. The molecule has 2 rings (SSSR count). The molecule has 1 saturated carbocycles. The zero-order chi connectivity index (χ0) is 7.90. The lowest BCUT2D eigenvalue weighted by Gasteiger charge is -2.20. The molecule has 0 radical (unpaired) electrons. The quantitative estimate of drug-likeness (QED) is 0.552. The molecule has 1 heteroatoms. The van der Waals surface area contributed by atoms with Crippen molar-refractivity contribution < 1.29 is 4.79 Å². The number of carbonyl (C=O) groups excluding carboxylic acids is 1. The van der Waals surface area contributed by atoms with Crippen LogP contribution in [0.5, 0.6) is 0 Å². The van der Waals surface area contributed by atoms with Gasteiger partial charge in [0, 0.05) is 11.8 Å². The second kappa shape index (κ2) is 2.20. The van der Waals surface area contributed by atoms with Crippen LogP contribution in [0.15, 0.2) is 12.2 Å². The Morgan fingerprint density at radius 3 is 2.91 bits per heavy atom. The van der Waals surface area contributed by atoms with E-state index in [1.165, 1.54) is 6.42 Å². The molecule has 2 atom stereocenters. The molecule has 1 nitrogen and oxygen atoms in total. The monoisotopic (exact) mass is 150 g/mol. The fraction of sp³-hybridized carbons (Fsp3) is 0.700. The average molecular weight is 150 g/mol. The van der Waals surface area contributed by atoms with Gasteiger partial charge >= 0.3 is 0 Å². The van der Waals surface area contributed by atoms with Crippen LogP contribution in [0.2, 0.25) is 0 Å². The molecular formula is C10H14O. The lowest BCUT2D eigenvalue weighted by atomic mass is 9.82. The molecular weight excluding hydrogens is 136 g/mol. The van der Waals surface area contributed by atoms with Gasteiger partial charge < -0.3 is 0 Å². The maximum Gasteiger partial charge on any atom is 0.142 e. The Kier molecular flexibility index (Phi) is 1.41.